The van der Waals surface area contributed by atoms with Crippen LogP contribution in [0, 0.1) is 12.7 Å². The number of nitrogens with zero attached hydrogens (tertiary/aromatic N) is 3. The zero-order valence-corrected chi connectivity index (χ0v) is 19.2. The molecule has 2 aromatic carbocycles. The molecular formula is C26H29FN4O2. The number of hydrogen-bond acceptors (Lipinski definition) is 2. The molecule has 1 unspecified atom stereocenters. The molecule has 1 atom stereocenters. The van der Waals surface area contributed by atoms with Gasteiger partial charge in [-0.05, 0) is 51.1 Å². The molecule has 3 aromatic rings. The number of aryl methyl sites for hydroxylation is 1. The molecule has 4 rings (SSSR count). The Labute approximate surface area is 193 Å². The summed E-state index contributed by atoms with van der Waals surface area (Å²) >= 11 is 0. The highest BCUT2D eigenvalue weighted by molar-refractivity contribution is 5.92. The summed E-state index contributed by atoms with van der Waals surface area (Å²) in [4.78, 5) is 29.7. The Bertz CT molecular complexity index is 1140. The van der Waals surface area contributed by atoms with Crippen molar-refractivity contribution in [3.8, 4) is 0 Å². The molecule has 33 heavy (non-hydrogen) atoms. The van der Waals surface area contributed by atoms with Gasteiger partial charge in [-0.15, -0.1) is 0 Å². The molecule has 6 nitrogen and oxygen atoms in total. The number of amides is 3. The molecule has 0 aliphatic carbocycles. The van der Waals surface area contributed by atoms with Crippen LogP contribution in [-0.4, -0.2) is 45.4 Å². The van der Waals surface area contributed by atoms with Crippen molar-refractivity contribution in [2.45, 2.75) is 39.4 Å². The molecule has 0 radical (unpaired) electrons. The van der Waals surface area contributed by atoms with Gasteiger partial charge < -0.3 is 19.7 Å². The van der Waals surface area contributed by atoms with Crippen LogP contribution in [0.4, 0.5) is 14.9 Å². The van der Waals surface area contributed by atoms with Crippen molar-refractivity contribution < 1.29 is 14.0 Å². The highest BCUT2D eigenvalue weighted by atomic mass is 19.1. The van der Waals surface area contributed by atoms with Crippen LogP contribution >= 0.6 is 0 Å². The molecule has 0 saturated carbocycles. The number of aromatic nitrogens is 1. The van der Waals surface area contributed by atoms with Gasteiger partial charge in [0.05, 0.1) is 0 Å². The third-order valence-electron chi connectivity index (χ3n) is 6.05. The Kier molecular flexibility index (Phi) is 6.49. The average molecular weight is 449 g/mol. The van der Waals surface area contributed by atoms with Gasteiger partial charge in [0.15, 0.2) is 0 Å². The van der Waals surface area contributed by atoms with Crippen LogP contribution in [0.1, 0.15) is 36.7 Å². The maximum atomic E-state index is 14.8. The van der Waals surface area contributed by atoms with E-state index in [9.17, 15) is 14.0 Å². The minimum atomic E-state index is -0.545. The van der Waals surface area contributed by atoms with E-state index >= 15 is 0 Å². The summed E-state index contributed by atoms with van der Waals surface area (Å²) < 4.78 is 16.8. The van der Waals surface area contributed by atoms with E-state index in [0.717, 1.165) is 11.3 Å². The maximum absolute atomic E-state index is 14.8. The molecule has 0 fully saturated rings. The number of benzene rings is 2. The first-order chi connectivity index (χ1) is 15.8. The summed E-state index contributed by atoms with van der Waals surface area (Å²) in [5.41, 5.74) is 3.08. The van der Waals surface area contributed by atoms with Gasteiger partial charge in [-0.3, -0.25) is 4.79 Å². The van der Waals surface area contributed by atoms with Crippen molar-refractivity contribution in [2.24, 2.45) is 0 Å². The second-order valence-electron chi connectivity index (χ2n) is 8.66. The Morgan fingerprint density at radius 2 is 1.79 bits per heavy atom. The number of halogens is 1. The van der Waals surface area contributed by atoms with Gasteiger partial charge in [-0.25, -0.2) is 9.18 Å². The average Bonchev–Trinajstić information content (AvgIpc) is 3.27. The van der Waals surface area contributed by atoms with E-state index in [0.29, 0.717) is 24.3 Å². The highest BCUT2D eigenvalue weighted by Gasteiger charge is 2.35. The minimum Gasteiger partial charge on any atom is -0.348 e. The number of anilines is 1. The summed E-state index contributed by atoms with van der Waals surface area (Å²) in [6.07, 6.45) is 1.94. The number of carbonyl (C=O) groups excluding carboxylic acids is 2. The SMILES string of the molecule is Cc1ccc(NC(=O)N(CC(=O)N2CCn3cccc3C2c2ccccc2F)C(C)C)cc1. The number of urea groups is 1. The van der Waals surface area contributed by atoms with Gasteiger partial charge in [0.2, 0.25) is 5.91 Å². The fourth-order valence-electron chi connectivity index (χ4n) is 4.23. The standard InChI is InChI=1S/C26H29FN4O2/c1-18(2)31(26(33)28-20-12-10-19(3)11-13-20)17-24(32)30-16-15-29-14-6-9-23(29)25(30)21-7-4-5-8-22(21)27/h4-14,18,25H,15-17H2,1-3H3,(H,28,33). The van der Waals surface area contributed by atoms with Crippen molar-refractivity contribution in [3.05, 3.63) is 89.5 Å². The van der Waals surface area contributed by atoms with E-state index in [2.05, 4.69) is 5.32 Å². The molecule has 0 bridgehead atoms. The Hall–Kier alpha value is -3.61. The largest absolute Gasteiger partial charge is 0.348 e. The number of carbonyl (C=O) groups is 2. The summed E-state index contributed by atoms with van der Waals surface area (Å²) in [7, 11) is 0. The topological polar surface area (TPSA) is 57.6 Å². The smallest absolute Gasteiger partial charge is 0.322 e. The lowest BCUT2D eigenvalue weighted by atomic mass is 9.99. The van der Waals surface area contributed by atoms with Crippen LogP contribution in [0.2, 0.25) is 0 Å². The van der Waals surface area contributed by atoms with Crippen molar-refractivity contribution in [1.82, 2.24) is 14.4 Å². The molecule has 1 aliphatic heterocycles. The van der Waals surface area contributed by atoms with Crippen LogP contribution < -0.4 is 5.32 Å². The quantitative estimate of drug-likeness (QED) is 0.609. The number of hydrogen-bond donors (Lipinski definition) is 1. The van der Waals surface area contributed by atoms with Crippen LogP contribution in [-0.2, 0) is 11.3 Å². The normalized spacial score (nSPS) is 15.3. The lowest BCUT2D eigenvalue weighted by molar-refractivity contribution is -0.134. The zero-order chi connectivity index (χ0) is 23.5. The van der Waals surface area contributed by atoms with E-state index in [1.165, 1.54) is 11.0 Å². The third-order valence-corrected chi connectivity index (χ3v) is 6.05. The molecule has 1 N–H and O–H groups in total. The second kappa shape index (κ2) is 9.48. The molecule has 1 aliphatic rings. The van der Waals surface area contributed by atoms with Gasteiger partial charge >= 0.3 is 6.03 Å². The fraction of sp³-hybridized carbons (Fsp3) is 0.308. The molecule has 2 heterocycles. The monoisotopic (exact) mass is 448 g/mol. The first-order valence-electron chi connectivity index (χ1n) is 11.2. The lowest BCUT2D eigenvalue weighted by Crippen LogP contribution is -2.50. The molecule has 3 amide bonds. The van der Waals surface area contributed by atoms with Crippen LogP contribution in [0.3, 0.4) is 0 Å². The summed E-state index contributed by atoms with van der Waals surface area (Å²) in [5, 5.41) is 2.87. The molecule has 0 spiro atoms. The van der Waals surface area contributed by atoms with Crippen LogP contribution in [0.15, 0.2) is 66.9 Å². The second-order valence-corrected chi connectivity index (χ2v) is 8.66. The minimum absolute atomic E-state index is 0.0962. The first-order valence-corrected chi connectivity index (χ1v) is 11.2. The summed E-state index contributed by atoms with van der Waals surface area (Å²) in [5.74, 6) is -0.573. The van der Waals surface area contributed by atoms with Gasteiger partial charge in [0.1, 0.15) is 18.4 Å². The highest BCUT2D eigenvalue weighted by Crippen LogP contribution is 2.34. The molecule has 1 aromatic heterocycles. The van der Waals surface area contributed by atoms with Crippen LogP contribution in [0.5, 0.6) is 0 Å². The zero-order valence-electron chi connectivity index (χ0n) is 19.2. The number of nitrogens with one attached hydrogen (secondary N) is 1. The number of rotatable bonds is 5. The number of fused-ring (bicyclic) bond motifs is 1. The van der Waals surface area contributed by atoms with Gasteiger partial charge in [-0.2, -0.15) is 0 Å². The maximum Gasteiger partial charge on any atom is 0.322 e. The van der Waals surface area contributed by atoms with Crippen molar-refractivity contribution >= 4 is 17.6 Å². The molecular weight excluding hydrogens is 419 g/mol. The fourth-order valence-corrected chi connectivity index (χ4v) is 4.23. The van der Waals surface area contributed by atoms with Gasteiger partial charge in [0.25, 0.3) is 0 Å². The molecule has 0 saturated heterocycles. The van der Waals surface area contributed by atoms with Gasteiger partial charge in [-0.1, -0.05) is 35.9 Å². The Morgan fingerprint density at radius 3 is 2.48 bits per heavy atom. The van der Waals surface area contributed by atoms with Crippen molar-refractivity contribution in [2.75, 3.05) is 18.4 Å². The predicted octanol–water partition coefficient (Wildman–Crippen LogP) is 4.81. The van der Waals surface area contributed by atoms with E-state index in [1.54, 1.807) is 23.1 Å². The molecule has 172 valence electrons. The van der Waals surface area contributed by atoms with E-state index < -0.39 is 6.04 Å². The summed E-state index contributed by atoms with van der Waals surface area (Å²) in [6, 6.07) is 16.8. The van der Waals surface area contributed by atoms with Gasteiger partial charge in [0, 0.05) is 42.3 Å². The predicted molar refractivity (Wildman–Crippen MR) is 126 cm³/mol. The van der Waals surface area contributed by atoms with Crippen molar-refractivity contribution in [3.63, 3.8) is 0 Å². The van der Waals surface area contributed by atoms with E-state index in [4.69, 9.17) is 0 Å². The Morgan fingerprint density at radius 1 is 1.06 bits per heavy atom. The van der Waals surface area contributed by atoms with Crippen LogP contribution in [0.25, 0.3) is 0 Å². The Balaban J connectivity index is 1.57. The third kappa shape index (κ3) is 4.77. The van der Waals surface area contributed by atoms with E-state index in [-0.39, 0.29) is 30.3 Å². The first kappa shape index (κ1) is 22.6. The molecule has 7 heteroatoms. The summed E-state index contributed by atoms with van der Waals surface area (Å²) in [6.45, 7) is 6.68. The van der Waals surface area contributed by atoms with Crippen molar-refractivity contribution in [1.29, 1.82) is 0 Å². The lowest BCUT2D eigenvalue weighted by Gasteiger charge is -2.39. The van der Waals surface area contributed by atoms with E-state index in [1.807, 2.05) is 67.9 Å².